The van der Waals surface area contributed by atoms with Gasteiger partial charge in [-0.15, -0.1) is 0 Å². The molecule has 10 heavy (non-hydrogen) atoms. The van der Waals surface area contributed by atoms with Gasteiger partial charge in [-0.1, -0.05) is 20.8 Å². The van der Waals surface area contributed by atoms with Crippen molar-refractivity contribution < 1.29 is 4.79 Å². The van der Waals surface area contributed by atoms with Gasteiger partial charge in [0.1, 0.15) is 0 Å². The summed E-state index contributed by atoms with van der Waals surface area (Å²) in [6, 6.07) is 0.481. The van der Waals surface area contributed by atoms with E-state index in [1.54, 1.807) is 0 Å². The molecule has 1 N–H and O–H groups in total. The highest BCUT2D eigenvalue weighted by molar-refractivity contribution is 5.78. The largest absolute Gasteiger partial charge is 0.353 e. The molecule has 0 aromatic heterocycles. The summed E-state index contributed by atoms with van der Waals surface area (Å²) in [5.74, 6) is 1.03. The molecule has 58 valence electrons. The summed E-state index contributed by atoms with van der Waals surface area (Å²) in [4.78, 5) is 11.0. The van der Waals surface area contributed by atoms with Gasteiger partial charge >= 0.3 is 0 Å². The summed E-state index contributed by atoms with van der Waals surface area (Å²) in [5, 5.41) is 2.96. The zero-order valence-electron chi connectivity index (χ0n) is 6.85. The van der Waals surface area contributed by atoms with Crippen LogP contribution in [0.25, 0.3) is 0 Å². The molecule has 0 unspecified atom stereocenters. The smallest absolute Gasteiger partial charge is 0.222 e. The minimum atomic E-state index is 0.132. The molecule has 0 bridgehead atoms. The van der Waals surface area contributed by atoms with Crippen LogP contribution in [0.4, 0.5) is 0 Å². The first-order valence-corrected chi connectivity index (χ1v) is 3.91. The monoisotopic (exact) mass is 141 g/mol. The van der Waals surface area contributed by atoms with Crippen molar-refractivity contribution in [2.75, 3.05) is 0 Å². The van der Waals surface area contributed by atoms with Crippen LogP contribution in [0.2, 0.25) is 0 Å². The van der Waals surface area contributed by atoms with E-state index in [0.717, 1.165) is 0 Å². The second-order valence-electron chi connectivity index (χ2n) is 3.48. The fourth-order valence-electron chi connectivity index (χ4n) is 0.873. The van der Waals surface area contributed by atoms with Crippen LogP contribution in [-0.4, -0.2) is 11.9 Å². The predicted molar refractivity (Wildman–Crippen MR) is 40.5 cm³/mol. The van der Waals surface area contributed by atoms with Crippen molar-refractivity contribution in [2.45, 2.75) is 33.2 Å². The fourth-order valence-corrected chi connectivity index (χ4v) is 0.873. The quantitative estimate of drug-likeness (QED) is 0.614. The van der Waals surface area contributed by atoms with Crippen molar-refractivity contribution in [1.82, 2.24) is 5.32 Å². The van der Waals surface area contributed by atoms with E-state index >= 15 is 0 Å². The minimum Gasteiger partial charge on any atom is -0.353 e. The van der Waals surface area contributed by atoms with Crippen LogP contribution < -0.4 is 5.32 Å². The number of carbonyl (C=O) groups excluding carboxylic acids is 1. The highest BCUT2D eigenvalue weighted by Crippen LogP contribution is 2.29. The van der Waals surface area contributed by atoms with Gasteiger partial charge in [-0.3, -0.25) is 4.79 Å². The maximum absolute atomic E-state index is 11.0. The van der Waals surface area contributed by atoms with Gasteiger partial charge in [0.15, 0.2) is 0 Å². The van der Waals surface area contributed by atoms with E-state index in [-0.39, 0.29) is 11.8 Å². The first kappa shape index (κ1) is 7.58. The van der Waals surface area contributed by atoms with Gasteiger partial charge in [0.25, 0.3) is 0 Å². The third kappa shape index (κ3) is 1.72. The van der Waals surface area contributed by atoms with E-state index in [2.05, 4.69) is 12.2 Å². The van der Waals surface area contributed by atoms with E-state index < -0.39 is 0 Å². The molecule has 1 amide bonds. The Hall–Kier alpha value is -0.530. The molecule has 0 spiro atoms. The molecule has 1 saturated carbocycles. The van der Waals surface area contributed by atoms with E-state index in [0.29, 0.717) is 12.0 Å². The molecule has 0 saturated heterocycles. The summed E-state index contributed by atoms with van der Waals surface area (Å²) in [6.45, 7) is 6.00. The normalized spacial score (nSPS) is 30.4. The van der Waals surface area contributed by atoms with Crippen molar-refractivity contribution in [3.63, 3.8) is 0 Å². The second-order valence-corrected chi connectivity index (χ2v) is 3.48. The molecule has 0 radical (unpaired) electrons. The summed E-state index contributed by atoms with van der Waals surface area (Å²) >= 11 is 0. The molecule has 2 atom stereocenters. The summed E-state index contributed by atoms with van der Waals surface area (Å²) in [6.07, 6.45) is 1.17. The van der Waals surface area contributed by atoms with Crippen LogP contribution in [0, 0.1) is 11.8 Å². The van der Waals surface area contributed by atoms with Crippen LogP contribution in [0.1, 0.15) is 27.2 Å². The lowest BCUT2D eigenvalue weighted by molar-refractivity contribution is -0.124. The number of hydrogen-bond acceptors (Lipinski definition) is 1. The Morgan fingerprint density at radius 2 is 2.10 bits per heavy atom. The molecule has 1 fully saturated rings. The Kier molecular flexibility index (Phi) is 1.97. The number of amides is 1. The van der Waals surface area contributed by atoms with Gasteiger partial charge < -0.3 is 5.32 Å². The lowest BCUT2D eigenvalue weighted by Crippen LogP contribution is -2.30. The Balaban J connectivity index is 2.20. The van der Waals surface area contributed by atoms with Crippen LogP contribution in [-0.2, 0) is 4.79 Å². The molecular formula is C8H15NO. The van der Waals surface area contributed by atoms with Gasteiger partial charge in [0.2, 0.25) is 5.91 Å². The molecular weight excluding hydrogens is 126 g/mol. The average molecular weight is 141 g/mol. The van der Waals surface area contributed by atoms with E-state index in [1.807, 2.05) is 13.8 Å². The van der Waals surface area contributed by atoms with Crippen molar-refractivity contribution in [1.29, 1.82) is 0 Å². The molecule has 0 aliphatic heterocycles. The van der Waals surface area contributed by atoms with Gasteiger partial charge in [-0.25, -0.2) is 0 Å². The summed E-state index contributed by atoms with van der Waals surface area (Å²) < 4.78 is 0. The lowest BCUT2D eigenvalue weighted by Gasteiger charge is -2.05. The Morgan fingerprint density at radius 3 is 2.40 bits per heavy atom. The van der Waals surface area contributed by atoms with E-state index in [9.17, 15) is 4.79 Å². The van der Waals surface area contributed by atoms with E-state index in [1.165, 1.54) is 6.42 Å². The molecule has 0 aromatic rings. The maximum atomic E-state index is 11.0. The first-order valence-electron chi connectivity index (χ1n) is 3.91. The topological polar surface area (TPSA) is 29.1 Å². The van der Waals surface area contributed by atoms with Crippen molar-refractivity contribution in [3.8, 4) is 0 Å². The van der Waals surface area contributed by atoms with Gasteiger partial charge in [0.05, 0.1) is 0 Å². The third-order valence-corrected chi connectivity index (χ3v) is 1.96. The molecule has 2 heteroatoms. The van der Waals surface area contributed by atoms with E-state index in [4.69, 9.17) is 0 Å². The van der Waals surface area contributed by atoms with Crippen LogP contribution >= 0.6 is 0 Å². The Bertz CT molecular complexity index is 142. The lowest BCUT2D eigenvalue weighted by atomic mass is 10.2. The Morgan fingerprint density at radius 1 is 1.60 bits per heavy atom. The maximum Gasteiger partial charge on any atom is 0.222 e. The average Bonchev–Trinajstić information content (AvgIpc) is 2.46. The molecule has 0 heterocycles. The Labute approximate surface area is 62.0 Å². The second kappa shape index (κ2) is 2.60. The fraction of sp³-hybridized carbons (Fsp3) is 0.875. The standard InChI is InChI=1S/C8H15NO/c1-5(2)8(10)9-7-4-6(7)3/h5-7H,4H2,1-3H3,(H,9,10)/t6-,7-/m1/s1. The van der Waals surface area contributed by atoms with Crippen LogP contribution in [0.15, 0.2) is 0 Å². The molecule has 2 nitrogen and oxygen atoms in total. The van der Waals surface area contributed by atoms with Crippen molar-refractivity contribution in [2.24, 2.45) is 11.8 Å². The molecule has 1 aliphatic rings. The minimum absolute atomic E-state index is 0.132. The van der Waals surface area contributed by atoms with Crippen molar-refractivity contribution >= 4 is 5.91 Å². The third-order valence-electron chi connectivity index (χ3n) is 1.96. The number of carbonyl (C=O) groups is 1. The zero-order chi connectivity index (χ0) is 7.72. The zero-order valence-corrected chi connectivity index (χ0v) is 6.85. The summed E-state index contributed by atoms with van der Waals surface area (Å²) in [5.41, 5.74) is 0. The van der Waals surface area contributed by atoms with Crippen LogP contribution in [0.5, 0.6) is 0 Å². The van der Waals surface area contributed by atoms with Crippen LogP contribution in [0.3, 0.4) is 0 Å². The van der Waals surface area contributed by atoms with Gasteiger partial charge in [0, 0.05) is 12.0 Å². The first-order chi connectivity index (χ1) is 4.61. The highest BCUT2D eigenvalue weighted by atomic mass is 16.1. The number of hydrogen-bond donors (Lipinski definition) is 1. The molecule has 1 aliphatic carbocycles. The predicted octanol–water partition coefficient (Wildman–Crippen LogP) is 1.17. The summed E-state index contributed by atoms with van der Waals surface area (Å²) in [7, 11) is 0. The van der Waals surface area contributed by atoms with Crippen molar-refractivity contribution in [3.05, 3.63) is 0 Å². The van der Waals surface area contributed by atoms with Gasteiger partial charge in [-0.05, 0) is 12.3 Å². The highest BCUT2D eigenvalue weighted by Gasteiger charge is 2.33. The number of nitrogens with one attached hydrogen (secondary N) is 1. The van der Waals surface area contributed by atoms with Gasteiger partial charge in [-0.2, -0.15) is 0 Å². The SMILES string of the molecule is CC(C)C(=O)N[C@@H]1C[C@H]1C. The molecule has 1 rings (SSSR count). The molecule has 0 aromatic carbocycles. The number of rotatable bonds is 2.